The standard InChI is InChI=1S/C19H29FN4O4S/c1-29(26,27)23-9-2-3-17(14-23)24(16-6-11-28-12-7-16)10-8-21-19(25)18-5-4-15(20)13-22-18/h4-5,13,16-17H,2-3,6-12,14H2,1H3,(H,21,25). The largest absolute Gasteiger partial charge is 0.381 e. The van der Waals surface area contributed by atoms with E-state index in [2.05, 4.69) is 15.2 Å². The predicted octanol–water partition coefficient (Wildman–Crippen LogP) is 0.856. The van der Waals surface area contributed by atoms with Crippen molar-refractivity contribution in [2.45, 2.75) is 37.8 Å². The molecule has 3 heterocycles. The van der Waals surface area contributed by atoms with Crippen LogP contribution in [0.5, 0.6) is 0 Å². The number of piperidine rings is 1. The zero-order valence-electron chi connectivity index (χ0n) is 16.7. The summed E-state index contributed by atoms with van der Waals surface area (Å²) < 4.78 is 44.0. The van der Waals surface area contributed by atoms with Crippen LogP contribution in [0, 0.1) is 5.82 Å². The van der Waals surface area contributed by atoms with Gasteiger partial charge in [0.05, 0.1) is 12.5 Å². The van der Waals surface area contributed by atoms with Crippen molar-refractivity contribution in [1.29, 1.82) is 0 Å². The highest BCUT2D eigenvalue weighted by atomic mass is 32.2. The summed E-state index contributed by atoms with van der Waals surface area (Å²) in [6.07, 6.45) is 5.81. The van der Waals surface area contributed by atoms with Crippen molar-refractivity contribution in [2.75, 3.05) is 45.6 Å². The van der Waals surface area contributed by atoms with E-state index in [0.717, 1.165) is 31.9 Å². The summed E-state index contributed by atoms with van der Waals surface area (Å²) in [6, 6.07) is 2.97. The summed E-state index contributed by atoms with van der Waals surface area (Å²) in [6.45, 7) is 3.43. The van der Waals surface area contributed by atoms with Crippen LogP contribution in [-0.2, 0) is 14.8 Å². The highest BCUT2D eigenvalue weighted by molar-refractivity contribution is 7.88. The van der Waals surface area contributed by atoms with Crippen molar-refractivity contribution in [3.63, 3.8) is 0 Å². The van der Waals surface area contributed by atoms with Gasteiger partial charge in [-0.2, -0.15) is 0 Å². The number of nitrogens with one attached hydrogen (secondary N) is 1. The van der Waals surface area contributed by atoms with Crippen LogP contribution in [0.2, 0.25) is 0 Å². The molecule has 0 spiro atoms. The van der Waals surface area contributed by atoms with Crippen molar-refractivity contribution in [3.05, 3.63) is 29.8 Å². The third kappa shape index (κ3) is 6.18. The Hall–Kier alpha value is -1.62. The number of nitrogens with zero attached hydrogens (tertiary/aromatic N) is 3. The molecule has 3 rings (SSSR count). The van der Waals surface area contributed by atoms with E-state index in [9.17, 15) is 17.6 Å². The molecule has 0 aliphatic carbocycles. The molecule has 0 bridgehead atoms. The van der Waals surface area contributed by atoms with E-state index in [-0.39, 0.29) is 17.6 Å². The number of pyridine rings is 1. The molecule has 0 saturated carbocycles. The lowest BCUT2D eigenvalue weighted by Gasteiger charge is -2.43. The number of amides is 1. The summed E-state index contributed by atoms with van der Waals surface area (Å²) in [5.74, 6) is -0.835. The van der Waals surface area contributed by atoms with Crippen LogP contribution in [0.25, 0.3) is 0 Å². The van der Waals surface area contributed by atoms with Crippen molar-refractivity contribution >= 4 is 15.9 Å². The fourth-order valence-electron chi connectivity index (χ4n) is 4.07. The molecular formula is C19H29FN4O4S. The molecule has 1 N–H and O–H groups in total. The minimum Gasteiger partial charge on any atom is -0.381 e. The molecule has 2 aliphatic heterocycles. The maximum Gasteiger partial charge on any atom is 0.269 e. The lowest BCUT2D eigenvalue weighted by atomic mass is 9.99. The van der Waals surface area contributed by atoms with Crippen LogP contribution in [0.3, 0.4) is 0 Å². The zero-order chi connectivity index (χ0) is 20.9. The number of halogens is 1. The van der Waals surface area contributed by atoms with E-state index in [1.807, 2.05) is 0 Å². The Bertz CT molecular complexity index is 784. The zero-order valence-corrected chi connectivity index (χ0v) is 17.5. The van der Waals surface area contributed by atoms with E-state index >= 15 is 0 Å². The number of hydrogen-bond donors (Lipinski definition) is 1. The molecule has 2 aliphatic rings. The van der Waals surface area contributed by atoms with E-state index in [0.29, 0.717) is 45.4 Å². The van der Waals surface area contributed by atoms with Crippen molar-refractivity contribution < 1.29 is 22.3 Å². The van der Waals surface area contributed by atoms with E-state index in [1.165, 1.54) is 18.4 Å². The molecule has 1 aromatic rings. The Kier molecular flexibility index (Phi) is 7.55. The van der Waals surface area contributed by atoms with Gasteiger partial charge in [-0.1, -0.05) is 0 Å². The molecule has 162 valence electrons. The highest BCUT2D eigenvalue weighted by Crippen LogP contribution is 2.24. The molecule has 0 aromatic carbocycles. The minimum atomic E-state index is -3.22. The minimum absolute atomic E-state index is 0.113. The molecule has 2 saturated heterocycles. The topological polar surface area (TPSA) is 91.8 Å². The highest BCUT2D eigenvalue weighted by Gasteiger charge is 2.33. The Balaban J connectivity index is 1.62. The predicted molar refractivity (Wildman–Crippen MR) is 107 cm³/mol. The summed E-state index contributed by atoms with van der Waals surface area (Å²) in [4.78, 5) is 18.4. The normalized spacial score (nSPS) is 22.0. The average molecular weight is 429 g/mol. The van der Waals surface area contributed by atoms with Crippen molar-refractivity contribution in [2.24, 2.45) is 0 Å². The lowest BCUT2D eigenvalue weighted by molar-refractivity contribution is 0.00672. The van der Waals surface area contributed by atoms with Crippen LogP contribution in [0.4, 0.5) is 4.39 Å². The van der Waals surface area contributed by atoms with Gasteiger partial charge in [-0.15, -0.1) is 0 Å². The number of sulfonamides is 1. The summed E-state index contributed by atoms with van der Waals surface area (Å²) >= 11 is 0. The van der Waals surface area contributed by atoms with Crippen LogP contribution in [0.15, 0.2) is 18.3 Å². The quantitative estimate of drug-likeness (QED) is 0.693. The Labute approximate surface area is 171 Å². The number of hydrogen-bond acceptors (Lipinski definition) is 6. The van der Waals surface area contributed by atoms with Crippen molar-refractivity contribution in [3.8, 4) is 0 Å². The summed E-state index contributed by atoms with van der Waals surface area (Å²) in [5.41, 5.74) is 0.171. The van der Waals surface area contributed by atoms with Gasteiger partial charge in [0, 0.05) is 51.5 Å². The van der Waals surface area contributed by atoms with Gasteiger partial charge in [-0.05, 0) is 37.8 Å². The molecule has 1 unspecified atom stereocenters. The Morgan fingerprint density at radius 1 is 1.31 bits per heavy atom. The van der Waals surface area contributed by atoms with Gasteiger partial charge in [-0.25, -0.2) is 22.1 Å². The number of carbonyl (C=O) groups excluding carboxylic acids is 1. The third-order valence-corrected chi connectivity index (χ3v) is 6.84. The van der Waals surface area contributed by atoms with Crippen LogP contribution in [-0.4, -0.2) is 86.2 Å². The van der Waals surface area contributed by atoms with E-state index in [1.54, 1.807) is 4.31 Å². The second kappa shape index (κ2) is 9.92. The number of rotatable bonds is 7. The number of carbonyl (C=O) groups is 1. The van der Waals surface area contributed by atoms with Gasteiger partial charge in [0.2, 0.25) is 10.0 Å². The molecule has 29 heavy (non-hydrogen) atoms. The second-order valence-electron chi connectivity index (χ2n) is 7.62. The number of aromatic nitrogens is 1. The molecular weight excluding hydrogens is 399 g/mol. The Morgan fingerprint density at radius 2 is 2.07 bits per heavy atom. The average Bonchev–Trinajstić information content (AvgIpc) is 2.72. The fourth-order valence-corrected chi connectivity index (χ4v) is 4.98. The smallest absolute Gasteiger partial charge is 0.269 e. The molecule has 10 heteroatoms. The van der Waals surface area contributed by atoms with E-state index in [4.69, 9.17) is 4.74 Å². The Morgan fingerprint density at radius 3 is 2.72 bits per heavy atom. The third-order valence-electron chi connectivity index (χ3n) is 5.57. The van der Waals surface area contributed by atoms with Gasteiger partial charge >= 0.3 is 0 Å². The van der Waals surface area contributed by atoms with Crippen LogP contribution in [0.1, 0.15) is 36.2 Å². The first kappa shape index (κ1) is 22.1. The number of ether oxygens (including phenoxy) is 1. The first-order valence-electron chi connectivity index (χ1n) is 10.0. The molecule has 1 atom stereocenters. The van der Waals surface area contributed by atoms with E-state index < -0.39 is 15.8 Å². The first-order chi connectivity index (χ1) is 13.8. The van der Waals surface area contributed by atoms with Crippen LogP contribution >= 0.6 is 0 Å². The first-order valence-corrected chi connectivity index (χ1v) is 11.9. The summed E-state index contributed by atoms with van der Waals surface area (Å²) in [5, 5.41) is 2.84. The molecule has 2 fully saturated rings. The SMILES string of the molecule is CS(=O)(=O)N1CCCC(N(CCNC(=O)c2ccc(F)cn2)C2CCOCC2)C1. The second-order valence-corrected chi connectivity index (χ2v) is 9.60. The molecule has 1 amide bonds. The van der Waals surface area contributed by atoms with Gasteiger partial charge in [0.15, 0.2) is 0 Å². The van der Waals surface area contributed by atoms with Gasteiger partial charge in [0.25, 0.3) is 5.91 Å². The van der Waals surface area contributed by atoms with Crippen molar-refractivity contribution in [1.82, 2.24) is 19.5 Å². The lowest BCUT2D eigenvalue weighted by Crippen LogP contribution is -2.55. The van der Waals surface area contributed by atoms with Gasteiger partial charge < -0.3 is 10.1 Å². The fraction of sp³-hybridized carbons (Fsp3) is 0.684. The van der Waals surface area contributed by atoms with Crippen LogP contribution < -0.4 is 5.32 Å². The maximum atomic E-state index is 13.0. The monoisotopic (exact) mass is 428 g/mol. The molecule has 8 nitrogen and oxygen atoms in total. The molecule has 0 radical (unpaired) electrons. The van der Waals surface area contributed by atoms with Gasteiger partial charge in [0.1, 0.15) is 11.5 Å². The molecule has 1 aromatic heterocycles. The summed E-state index contributed by atoms with van der Waals surface area (Å²) in [7, 11) is -3.22. The van der Waals surface area contributed by atoms with Gasteiger partial charge in [-0.3, -0.25) is 9.69 Å². The maximum absolute atomic E-state index is 13.0.